The number of nitrogens with zero attached hydrogens (tertiary/aromatic N) is 1. The SMILES string of the molecule is CC(=O)NNc1ncc(-c2cc3ccc(O)cc3oc2=O)s1. The number of amides is 1. The lowest BCUT2D eigenvalue weighted by Gasteiger charge is -2.01. The highest BCUT2D eigenvalue weighted by Crippen LogP contribution is 2.29. The van der Waals surface area contributed by atoms with Crippen LogP contribution in [0.3, 0.4) is 0 Å². The second-order valence-corrected chi connectivity index (χ2v) is 5.54. The number of hydrogen-bond donors (Lipinski definition) is 3. The fourth-order valence-corrected chi connectivity index (χ4v) is 2.64. The molecule has 1 amide bonds. The quantitative estimate of drug-likeness (QED) is 0.505. The number of carbonyl (C=O) groups is 1. The Morgan fingerprint density at radius 1 is 1.36 bits per heavy atom. The van der Waals surface area contributed by atoms with E-state index in [1.165, 1.54) is 36.6 Å². The minimum atomic E-state index is -0.521. The number of anilines is 1. The number of thiazole rings is 1. The Hall–Kier alpha value is -2.87. The van der Waals surface area contributed by atoms with Crippen molar-refractivity contribution in [2.45, 2.75) is 6.92 Å². The minimum Gasteiger partial charge on any atom is -0.508 e. The van der Waals surface area contributed by atoms with Gasteiger partial charge in [0.05, 0.1) is 10.4 Å². The van der Waals surface area contributed by atoms with Crippen LogP contribution >= 0.6 is 11.3 Å². The van der Waals surface area contributed by atoms with Gasteiger partial charge in [-0.25, -0.2) is 9.78 Å². The normalized spacial score (nSPS) is 10.6. The number of aromatic nitrogens is 1. The lowest BCUT2D eigenvalue weighted by atomic mass is 10.1. The number of benzene rings is 1. The number of phenolic OH excluding ortho intramolecular Hbond substituents is 1. The number of hydrogen-bond acceptors (Lipinski definition) is 7. The van der Waals surface area contributed by atoms with Crippen molar-refractivity contribution >= 4 is 33.3 Å². The smallest absolute Gasteiger partial charge is 0.345 e. The molecule has 0 atom stereocenters. The zero-order chi connectivity index (χ0) is 15.7. The number of aromatic hydroxyl groups is 1. The van der Waals surface area contributed by atoms with Gasteiger partial charge in [-0.3, -0.25) is 15.6 Å². The standard InChI is InChI=1S/C14H11N3O4S/c1-7(18)16-17-14-15-6-12(22-14)10-4-8-2-3-9(19)5-11(8)21-13(10)20/h2-6,19H,1H3,(H,15,17)(H,16,18). The van der Waals surface area contributed by atoms with Gasteiger partial charge in [-0.15, -0.1) is 0 Å². The molecule has 8 heteroatoms. The number of fused-ring (bicyclic) bond motifs is 1. The van der Waals surface area contributed by atoms with Crippen LogP contribution < -0.4 is 16.5 Å². The molecule has 0 aliphatic carbocycles. The van der Waals surface area contributed by atoms with E-state index < -0.39 is 5.63 Å². The third kappa shape index (κ3) is 2.77. The third-order valence-electron chi connectivity index (χ3n) is 2.84. The lowest BCUT2D eigenvalue weighted by Crippen LogP contribution is -2.26. The zero-order valence-electron chi connectivity index (χ0n) is 11.4. The molecule has 0 unspecified atom stereocenters. The summed E-state index contributed by atoms with van der Waals surface area (Å²) in [5.41, 5.74) is 5.21. The Kier molecular flexibility index (Phi) is 3.51. The number of nitrogens with one attached hydrogen (secondary N) is 2. The summed E-state index contributed by atoms with van der Waals surface area (Å²) in [5, 5.41) is 10.5. The van der Waals surface area contributed by atoms with Crippen LogP contribution in [0.4, 0.5) is 5.13 Å². The van der Waals surface area contributed by atoms with E-state index in [1.807, 2.05) is 0 Å². The first-order valence-corrected chi connectivity index (χ1v) is 7.10. The third-order valence-corrected chi connectivity index (χ3v) is 3.78. The summed E-state index contributed by atoms with van der Waals surface area (Å²) in [6.07, 6.45) is 1.52. The van der Waals surface area contributed by atoms with E-state index in [-0.39, 0.29) is 11.7 Å². The Morgan fingerprint density at radius 2 is 2.18 bits per heavy atom. The number of carbonyl (C=O) groups excluding carboxylic acids is 1. The lowest BCUT2D eigenvalue weighted by molar-refractivity contribution is -0.118. The van der Waals surface area contributed by atoms with E-state index in [4.69, 9.17) is 4.42 Å². The molecule has 0 bridgehead atoms. The van der Waals surface area contributed by atoms with Crippen molar-refractivity contribution in [2.24, 2.45) is 0 Å². The van der Waals surface area contributed by atoms with Crippen LogP contribution in [0.2, 0.25) is 0 Å². The summed E-state index contributed by atoms with van der Waals surface area (Å²) in [7, 11) is 0. The average Bonchev–Trinajstić information content (AvgIpc) is 2.93. The largest absolute Gasteiger partial charge is 0.508 e. The summed E-state index contributed by atoms with van der Waals surface area (Å²) in [5.74, 6) is -0.218. The summed E-state index contributed by atoms with van der Waals surface area (Å²) in [6, 6.07) is 6.24. The van der Waals surface area contributed by atoms with Gasteiger partial charge in [-0.05, 0) is 18.2 Å². The summed E-state index contributed by atoms with van der Waals surface area (Å²) in [4.78, 5) is 27.6. The average molecular weight is 317 g/mol. The highest BCUT2D eigenvalue weighted by Gasteiger charge is 2.12. The van der Waals surface area contributed by atoms with E-state index >= 15 is 0 Å². The molecule has 3 N–H and O–H groups in total. The molecular formula is C14H11N3O4S. The molecule has 3 rings (SSSR count). The fourth-order valence-electron chi connectivity index (χ4n) is 1.87. The summed E-state index contributed by atoms with van der Waals surface area (Å²) < 4.78 is 5.21. The van der Waals surface area contributed by atoms with Crippen LogP contribution in [0, 0.1) is 0 Å². The van der Waals surface area contributed by atoms with Crippen molar-refractivity contribution < 1.29 is 14.3 Å². The Labute approximate surface area is 128 Å². The van der Waals surface area contributed by atoms with Gasteiger partial charge < -0.3 is 9.52 Å². The summed E-state index contributed by atoms with van der Waals surface area (Å²) >= 11 is 1.21. The van der Waals surface area contributed by atoms with Gasteiger partial charge in [-0.1, -0.05) is 11.3 Å². The molecule has 0 fully saturated rings. The van der Waals surface area contributed by atoms with Crippen LogP contribution in [0.25, 0.3) is 21.4 Å². The first kappa shape index (κ1) is 14.1. The molecule has 0 saturated heterocycles. The van der Waals surface area contributed by atoms with E-state index in [0.717, 1.165) is 0 Å². The number of hydrazine groups is 1. The maximum Gasteiger partial charge on any atom is 0.345 e. The first-order valence-electron chi connectivity index (χ1n) is 6.28. The molecule has 1 aromatic carbocycles. The first-order chi connectivity index (χ1) is 10.5. The van der Waals surface area contributed by atoms with Crippen molar-refractivity contribution in [3.63, 3.8) is 0 Å². The van der Waals surface area contributed by atoms with Gasteiger partial charge in [-0.2, -0.15) is 0 Å². The van der Waals surface area contributed by atoms with Crippen LogP contribution in [-0.2, 0) is 4.79 Å². The van der Waals surface area contributed by atoms with E-state index in [0.29, 0.717) is 26.5 Å². The van der Waals surface area contributed by atoms with Gasteiger partial charge in [0, 0.05) is 24.6 Å². The second kappa shape index (κ2) is 5.49. The molecule has 2 heterocycles. The van der Waals surface area contributed by atoms with E-state index in [2.05, 4.69) is 15.8 Å². The second-order valence-electron chi connectivity index (χ2n) is 4.51. The Bertz CT molecular complexity index is 916. The topological polar surface area (TPSA) is 104 Å². The van der Waals surface area contributed by atoms with Crippen molar-refractivity contribution in [2.75, 3.05) is 5.43 Å². The van der Waals surface area contributed by atoms with Gasteiger partial charge in [0.25, 0.3) is 0 Å². The van der Waals surface area contributed by atoms with Gasteiger partial charge in [0.15, 0.2) is 0 Å². The zero-order valence-corrected chi connectivity index (χ0v) is 12.2. The maximum atomic E-state index is 12.1. The number of rotatable bonds is 3. The molecule has 0 radical (unpaired) electrons. The monoisotopic (exact) mass is 317 g/mol. The highest BCUT2D eigenvalue weighted by atomic mass is 32.1. The predicted octanol–water partition coefficient (Wildman–Crippen LogP) is 2.09. The molecule has 112 valence electrons. The predicted molar refractivity (Wildman–Crippen MR) is 82.7 cm³/mol. The minimum absolute atomic E-state index is 0.0305. The molecule has 0 saturated carbocycles. The van der Waals surface area contributed by atoms with Crippen molar-refractivity contribution in [1.29, 1.82) is 0 Å². The van der Waals surface area contributed by atoms with E-state index in [9.17, 15) is 14.7 Å². The fraction of sp³-hybridized carbons (Fsp3) is 0.0714. The highest BCUT2D eigenvalue weighted by molar-refractivity contribution is 7.18. The van der Waals surface area contributed by atoms with Crippen LogP contribution in [0.5, 0.6) is 5.75 Å². The molecule has 22 heavy (non-hydrogen) atoms. The maximum absolute atomic E-state index is 12.1. The van der Waals surface area contributed by atoms with Crippen molar-refractivity contribution in [3.05, 3.63) is 40.9 Å². The van der Waals surface area contributed by atoms with Crippen LogP contribution in [0.15, 0.2) is 39.7 Å². The van der Waals surface area contributed by atoms with Crippen molar-refractivity contribution in [1.82, 2.24) is 10.4 Å². The van der Waals surface area contributed by atoms with Gasteiger partial charge in [0.1, 0.15) is 11.3 Å². The van der Waals surface area contributed by atoms with E-state index in [1.54, 1.807) is 12.1 Å². The Balaban J connectivity index is 1.99. The molecule has 2 aromatic heterocycles. The summed E-state index contributed by atoms with van der Waals surface area (Å²) in [6.45, 7) is 1.37. The molecule has 3 aromatic rings. The van der Waals surface area contributed by atoms with Gasteiger partial charge in [0.2, 0.25) is 11.0 Å². The number of phenols is 1. The molecule has 0 aliphatic heterocycles. The van der Waals surface area contributed by atoms with Crippen LogP contribution in [0.1, 0.15) is 6.92 Å². The van der Waals surface area contributed by atoms with Crippen molar-refractivity contribution in [3.8, 4) is 16.2 Å². The Morgan fingerprint density at radius 3 is 2.95 bits per heavy atom. The molecular weight excluding hydrogens is 306 g/mol. The molecule has 0 aliphatic rings. The van der Waals surface area contributed by atoms with Crippen LogP contribution in [-0.4, -0.2) is 16.0 Å². The van der Waals surface area contributed by atoms with Gasteiger partial charge >= 0.3 is 5.63 Å². The molecule has 0 spiro atoms. The molecule has 7 nitrogen and oxygen atoms in total.